The number of nitrogens with zero attached hydrogens (tertiary/aromatic N) is 1. The van der Waals surface area contributed by atoms with E-state index in [0.717, 1.165) is 48.7 Å². The largest absolute Gasteiger partial charge is 0.497 e. The maximum absolute atomic E-state index is 10.5. The number of aliphatic hydroxyl groups is 1. The van der Waals surface area contributed by atoms with Crippen LogP contribution in [0, 0.1) is 0 Å². The molecule has 0 aliphatic rings. The molecule has 2 rings (SSSR count). The molecule has 1 unspecified atom stereocenters. The summed E-state index contributed by atoms with van der Waals surface area (Å²) in [5, 5.41) is 17.0. The number of aryl methyl sites for hydroxylation is 1. The van der Waals surface area contributed by atoms with Crippen molar-refractivity contribution in [3.05, 3.63) is 53.6 Å². The average molecular weight is 430 g/mol. The highest BCUT2D eigenvalue weighted by Crippen LogP contribution is 2.28. The predicted octanol–water partition coefficient (Wildman–Crippen LogP) is 3.32. The Morgan fingerprint density at radius 3 is 2.58 bits per heavy atom. The summed E-state index contributed by atoms with van der Waals surface area (Å²) >= 11 is 0. The van der Waals surface area contributed by atoms with Crippen molar-refractivity contribution in [2.24, 2.45) is 4.99 Å². The van der Waals surface area contributed by atoms with Crippen molar-refractivity contribution in [1.82, 2.24) is 10.6 Å². The summed E-state index contributed by atoms with van der Waals surface area (Å²) in [6, 6.07) is 13.4. The lowest BCUT2D eigenvalue weighted by molar-refractivity contribution is 0.186. The van der Waals surface area contributed by atoms with Gasteiger partial charge in [0, 0.05) is 13.1 Å². The van der Waals surface area contributed by atoms with Crippen molar-refractivity contribution in [3.8, 4) is 17.2 Å². The van der Waals surface area contributed by atoms with Gasteiger partial charge in [-0.15, -0.1) is 0 Å². The van der Waals surface area contributed by atoms with Gasteiger partial charge in [-0.3, -0.25) is 4.99 Å². The van der Waals surface area contributed by atoms with Gasteiger partial charge < -0.3 is 30.0 Å². The van der Waals surface area contributed by atoms with E-state index in [-0.39, 0.29) is 6.54 Å². The average Bonchev–Trinajstić information content (AvgIpc) is 2.80. The van der Waals surface area contributed by atoms with E-state index in [2.05, 4.69) is 21.7 Å². The summed E-state index contributed by atoms with van der Waals surface area (Å²) < 4.78 is 16.2. The van der Waals surface area contributed by atoms with E-state index in [9.17, 15) is 5.11 Å². The summed E-state index contributed by atoms with van der Waals surface area (Å²) in [6.07, 6.45) is 1.14. The number of benzene rings is 2. The van der Waals surface area contributed by atoms with E-state index >= 15 is 0 Å². The Morgan fingerprint density at radius 1 is 1.03 bits per heavy atom. The van der Waals surface area contributed by atoms with Crippen molar-refractivity contribution >= 4 is 5.96 Å². The van der Waals surface area contributed by atoms with Gasteiger partial charge in [-0.1, -0.05) is 18.2 Å². The number of aliphatic imine (C=N–C) groups is 1. The summed E-state index contributed by atoms with van der Waals surface area (Å²) in [4.78, 5) is 4.52. The SMILES string of the molecule is CCNC(=NCC(O)c1cccc(OC)c1)NCCCc1ccc(OC)c(OCC)c1. The van der Waals surface area contributed by atoms with Gasteiger partial charge in [0.1, 0.15) is 5.75 Å². The minimum Gasteiger partial charge on any atom is -0.497 e. The van der Waals surface area contributed by atoms with Crippen LogP contribution >= 0.6 is 0 Å². The van der Waals surface area contributed by atoms with Crippen molar-refractivity contribution in [1.29, 1.82) is 0 Å². The van der Waals surface area contributed by atoms with Crippen molar-refractivity contribution in [2.75, 3.05) is 40.5 Å². The minimum absolute atomic E-state index is 0.263. The summed E-state index contributed by atoms with van der Waals surface area (Å²) in [7, 11) is 3.26. The van der Waals surface area contributed by atoms with Crippen molar-refractivity contribution < 1.29 is 19.3 Å². The van der Waals surface area contributed by atoms with Crippen LogP contribution in [0.25, 0.3) is 0 Å². The molecule has 0 spiro atoms. The van der Waals surface area contributed by atoms with Crippen LogP contribution in [0.3, 0.4) is 0 Å². The van der Waals surface area contributed by atoms with E-state index in [1.54, 1.807) is 14.2 Å². The number of aliphatic hydroxyl groups excluding tert-OH is 1. The highest BCUT2D eigenvalue weighted by atomic mass is 16.5. The molecule has 0 aromatic heterocycles. The smallest absolute Gasteiger partial charge is 0.191 e. The normalized spacial score (nSPS) is 12.2. The molecule has 31 heavy (non-hydrogen) atoms. The molecule has 0 saturated heterocycles. The second-order valence-electron chi connectivity index (χ2n) is 6.96. The molecule has 0 amide bonds. The third kappa shape index (κ3) is 8.02. The van der Waals surface area contributed by atoms with Gasteiger partial charge in [0.15, 0.2) is 17.5 Å². The molecule has 0 aliphatic carbocycles. The van der Waals surface area contributed by atoms with Crippen LogP contribution in [0.5, 0.6) is 17.2 Å². The first-order valence-electron chi connectivity index (χ1n) is 10.7. The molecule has 0 heterocycles. The Hall–Kier alpha value is -2.93. The fourth-order valence-corrected chi connectivity index (χ4v) is 3.12. The molecule has 0 aliphatic heterocycles. The second-order valence-corrected chi connectivity index (χ2v) is 6.96. The predicted molar refractivity (Wildman–Crippen MR) is 124 cm³/mol. The second kappa shape index (κ2) is 13.4. The number of nitrogens with one attached hydrogen (secondary N) is 2. The lowest BCUT2D eigenvalue weighted by atomic mass is 10.1. The first kappa shape index (κ1) is 24.3. The first-order valence-corrected chi connectivity index (χ1v) is 10.7. The maximum Gasteiger partial charge on any atom is 0.191 e. The topological polar surface area (TPSA) is 84.3 Å². The van der Waals surface area contributed by atoms with Gasteiger partial charge in [0.05, 0.1) is 33.5 Å². The molecule has 7 heteroatoms. The Labute approximate surface area is 185 Å². The molecule has 0 radical (unpaired) electrons. The lowest BCUT2D eigenvalue weighted by Crippen LogP contribution is -2.38. The van der Waals surface area contributed by atoms with Crippen LogP contribution in [0.1, 0.15) is 37.5 Å². The van der Waals surface area contributed by atoms with Crippen molar-refractivity contribution in [3.63, 3.8) is 0 Å². The van der Waals surface area contributed by atoms with Crippen LogP contribution in [-0.2, 0) is 6.42 Å². The van der Waals surface area contributed by atoms with E-state index in [1.165, 1.54) is 5.56 Å². The highest BCUT2D eigenvalue weighted by Gasteiger charge is 2.09. The van der Waals surface area contributed by atoms with Gasteiger partial charge in [0.25, 0.3) is 0 Å². The molecule has 0 bridgehead atoms. The van der Waals surface area contributed by atoms with Crippen LogP contribution in [-0.4, -0.2) is 51.5 Å². The monoisotopic (exact) mass is 429 g/mol. The molecule has 7 nitrogen and oxygen atoms in total. The van der Waals surface area contributed by atoms with Gasteiger partial charge in [0.2, 0.25) is 0 Å². The molecule has 2 aromatic rings. The van der Waals surface area contributed by atoms with Crippen molar-refractivity contribution in [2.45, 2.75) is 32.8 Å². The summed E-state index contributed by atoms with van der Waals surface area (Å²) in [5.41, 5.74) is 1.98. The summed E-state index contributed by atoms with van der Waals surface area (Å²) in [6.45, 7) is 6.35. The number of methoxy groups -OCH3 is 2. The Kier molecular flexibility index (Phi) is 10.5. The fraction of sp³-hybridized carbons (Fsp3) is 0.458. The van der Waals surface area contributed by atoms with Gasteiger partial charge in [-0.2, -0.15) is 0 Å². The quantitative estimate of drug-likeness (QED) is 0.273. The number of guanidine groups is 1. The first-order chi connectivity index (χ1) is 15.1. The molecular weight excluding hydrogens is 394 g/mol. The maximum atomic E-state index is 10.5. The van der Waals surface area contributed by atoms with Crippen LogP contribution in [0.4, 0.5) is 0 Å². The lowest BCUT2D eigenvalue weighted by Gasteiger charge is -2.14. The summed E-state index contributed by atoms with van der Waals surface area (Å²) in [5.74, 6) is 2.93. The zero-order valence-corrected chi connectivity index (χ0v) is 19.0. The molecule has 0 fully saturated rings. The zero-order valence-electron chi connectivity index (χ0n) is 19.0. The number of rotatable bonds is 12. The molecule has 1 atom stereocenters. The number of hydrogen-bond acceptors (Lipinski definition) is 5. The molecule has 3 N–H and O–H groups in total. The van der Waals surface area contributed by atoms with Crippen LogP contribution in [0.2, 0.25) is 0 Å². The molecule has 0 saturated carbocycles. The van der Waals surface area contributed by atoms with Crippen LogP contribution in [0.15, 0.2) is 47.5 Å². The number of hydrogen-bond donors (Lipinski definition) is 3. The molecule has 2 aromatic carbocycles. The van der Waals surface area contributed by atoms with Gasteiger partial charge >= 0.3 is 0 Å². The van der Waals surface area contributed by atoms with E-state index in [0.29, 0.717) is 12.6 Å². The number of ether oxygens (including phenoxy) is 3. The van der Waals surface area contributed by atoms with Gasteiger partial charge in [-0.25, -0.2) is 0 Å². The third-order valence-corrected chi connectivity index (χ3v) is 4.71. The van der Waals surface area contributed by atoms with E-state index in [1.807, 2.05) is 50.2 Å². The highest BCUT2D eigenvalue weighted by molar-refractivity contribution is 5.79. The Bertz CT molecular complexity index is 826. The minimum atomic E-state index is -0.693. The van der Waals surface area contributed by atoms with Crippen LogP contribution < -0.4 is 24.8 Å². The molecule has 170 valence electrons. The standard InChI is InChI=1S/C24H35N3O4/c1-5-25-24(27-17-21(28)19-10-7-11-20(16-19)29-3)26-14-8-9-18-12-13-22(30-4)23(15-18)31-6-2/h7,10-13,15-16,21,28H,5-6,8-9,14,17H2,1-4H3,(H2,25,26,27). The Morgan fingerprint density at radius 2 is 1.87 bits per heavy atom. The van der Waals surface area contributed by atoms with E-state index < -0.39 is 6.10 Å². The van der Waals surface area contributed by atoms with Gasteiger partial charge in [-0.05, 0) is 62.1 Å². The Balaban J connectivity index is 1.87. The third-order valence-electron chi connectivity index (χ3n) is 4.71. The fourth-order valence-electron chi connectivity index (χ4n) is 3.12. The van der Waals surface area contributed by atoms with E-state index in [4.69, 9.17) is 14.2 Å². The zero-order chi connectivity index (χ0) is 22.5. The molecular formula is C24H35N3O4.